The van der Waals surface area contributed by atoms with Gasteiger partial charge < -0.3 is 15.4 Å². The predicted octanol–water partition coefficient (Wildman–Crippen LogP) is 2.21. The summed E-state index contributed by atoms with van der Waals surface area (Å²) in [7, 11) is 0. The van der Waals surface area contributed by atoms with Gasteiger partial charge in [-0.05, 0) is 53.4 Å². The smallest absolute Gasteiger partial charge is 0.310 e. The van der Waals surface area contributed by atoms with E-state index in [0.717, 1.165) is 0 Å². The molecule has 1 rings (SSSR count). The van der Waals surface area contributed by atoms with Gasteiger partial charge in [-0.15, -0.1) is 0 Å². The lowest BCUT2D eigenvalue weighted by molar-refractivity contribution is -0.258. The minimum atomic E-state index is -1.33. The highest BCUT2D eigenvalue weighted by Gasteiger charge is 2.53. The molecule has 0 aromatic rings. The summed E-state index contributed by atoms with van der Waals surface area (Å²) in [6.07, 6.45) is 0.455. The summed E-state index contributed by atoms with van der Waals surface area (Å²) in [5, 5.41) is 30.0. The molecule has 116 valence electrons. The Morgan fingerprint density at radius 3 is 1.85 bits per heavy atom. The van der Waals surface area contributed by atoms with E-state index < -0.39 is 34.9 Å². The first-order valence-electron chi connectivity index (χ1n) is 6.77. The molecule has 1 aliphatic heterocycles. The molecule has 1 aliphatic rings. The third kappa shape index (κ3) is 2.96. The second-order valence-corrected chi connectivity index (χ2v) is 7.33. The van der Waals surface area contributed by atoms with Gasteiger partial charge in [0.25, 0.3) is 0 Å². The fourth-order valence-corrected chi connectivity index (χ4v) is 3.43. The lowest BCUT2D eigenvalue weighted by atomic mass is 9.62. The van der Waals surface area contributed by atoms with Gasteiger partial charge in [-0.3, -0.25) is 9.59 Å². The van der Waals surface area contributed by atoms with Crippen molar-refractivity contribution in [3.63, 3.8) is 0 Å². The Kier molecular flexibility index (Phi) is 4.23. The van der Waals surface area contributed by atoms with Gasteiger partial charge in [0.15, 0.2) is 0 Å². The van der Waals surface area contributed by atoms with Crippen LogP contribution in [0.1, 0.15) is 53.9 Å². The molecule has 6 heteroatoms. The molecular weight excluding hydrogens is 262 g/mol. The molecule has 1 heterocycles. The van der Waals surface area contributed by atoms with Gasteiger partial charge in [0.05, 0.1) is 11.8 Å². The topological polar surface area (TPSA) is 98.1 Å². The molecule has 0 spiro atoms. The Labute approximate surface area is 119 Å². The number of carboxylic acids is 2. The zero-order valence-corrected chi connectivity index (χ0v) is 12.8. The lowest BCUT2D eigenvalue weighted by Crippen LogP contribution is -2.61. The average Bonchev–Trinajstić information content (AvgIpc) is 2.23. The van der Waals surface area contributed by atoms with Crippen molar-refractivity contribution >= 4 is 11.9 Å². The predicted molar refractivity (Wildman–Crippen MR) is 72.5 cm³/mol. The molecule has 0 radical (unpaired) electrons. The lowest BCUT2D eigenvalue weighted by Gasteiger charge is -2.54. The molecule has 0 aromatic carbocycles. The van der Waals surface area contributed by atoms with E-state index in [-0.39, 0.29) is 5.92 Å². The highest BCUT2D eigenvalue weighted by atomic mass is 16.5. The summed E-state index contributed by atoms with van der Waals surface area (Å²) in [6.45, 7) is 8.84. The highest BCUT2D eigenvalue weighted by Crippen LogP contribution is 2.48. The van der Waals surface area contributed by atoms with Crippen LogP contribution in [-0.2, 0) is 9.59 Å². The van der Waals surface area contributed by atoms with E-state index in [1.165, 1.54) is 12.0 Å². The maximum absolute atomic E-state index is 11.6. The van der Waals surface area contributed by atoms with Crippen LogP contribution in [0.2, 0.25) is 0 Å². The van der Waals surface area contributed by atoms with Crippen molar-refractivity contribution in [1.82, 2.24) is 5.06 Å². The fourth-order valence-electron chi connectivity index (χ4n) is 3.43. The Morgan fingerprint density at radius 2 is 1.55 bits per heavy atom. The highest BCUT2D eigenvalue weighted by molar-refractivity contribution is 5.81. The maximum atomic E-state index is 11.6. The minimum absolute atomic E-state index is 0.315. The Balaban J connectivity index is 3.16. The summed E-state index contributed by atoms with van der Waals surface area (Å²) in [5.74, 6) is -2.52. The molecule has 6 nitrogen and oxygen atoms in total. The summed E-state index contributed by atoms with van der Waals surface area (Å²) in [6, 6.07) is 0. The van der Waals surface area contributed by atoms with Gasteiger partial charge in [0, 0.05) is 11.1 Å². The van der Waals surface area contributed by atoms with Crippen molar-refractivity contribution in [3.8, 4) is 0 Å². The second-order valence-electron chi connectivity index (χ2n) is 7.33. The van der Waals surface area contributed by atoms with Gasteiger partial charge in [-0.25, -0.2) is 0 Å². The normalized spacial score (nSPS) is 25.9. The van der Waals surface area contributed by atoms with E-state index in [9.17, 15) is 19.9 Å². The van der Waals surface area contributed by atoms with Crippen LogP contribution in [0, 0.1) is 11.3 Å². The van der Waals surface area contributed by atoms with Gasteiger partial charge in [0.1, 0.15) is 0 Å². The Bertz CT molecular complexity index is 400. The van der Waals surface area contributed by atoms with Gasteiger partial charge in [-0.2, -0.15) is 5.06 Å². The summed E-state index contributed by atoms with van der Waals surface area (Å²) in [4.78, 5) is 22.6. The Hall–Kier alpha value is -1.14. The molecular formula is C14H25NO5. The van der Waals surface area contributed by atoms with Crippen molar-refractivity contribution in [3.05, 3.63) is 0 Å². The van der Waals surface area contributed by atoms with Crippen LogP contribution in [0.3, 0.4) is 0 Å². The zero-order valence-electron chi connectivity index (χ0n) is 12.8. The van der Waals surface area contributed by atoms with E-state index in [1.54, 1.807) is 0 Å². The first kappa shape index (κ1) is 16.9. The second kappa shape index (κ2) is 5.00. The standard InChI is InChI=1S/C14H25NO5/c1-12(2)6-9(7-13(3,4)15(12)20)14(5,11(18)19)8-10(16)17/h9,20H,6-8H2,1-5H3,(H,16,17)(H,18,19). The van der Waals surface area contributed by atoms with Crippen LogP contribution in [0.5, 0.6) is 0 Å². The zero-order chi connectivity index (χ0) is 15.9. The molecule has 1 unspecified atom stereocenters. The SMILES string of the molecule is CC(CC(=O)O)(C(=O)O)C1CC(C)(C)N(O)C(C)(C)C1. The number of aliphatic carboxylic acids is 2. The molecule has 1 saturated heterocycles. The van der Waals surface area contributed by atoms with Gasteiger partial charge >= 0.3 is 11.9 Å². The van der Waals surface area contributed by atoms with Gasteiger partial charge in [-0.1, -0.05) is 0 Å². The van der Waals surface area contributed by atoms with Crippen LogP contribution in [0.15, 0.2) is 0 Å². The van der Waals surface area contributed by atoms with Crippen molar-refractivity contribution in [2.45, 2.75) is 65.0 Å². The van der Waals surface area contributed by atoms with Crippen molar-refractivity contribution in [2.24, 2.45) is 11.3 Å². The first-order chi connectivity index (χ1) is 8.83. The summed E-state index contributed by atoms with van der Waals surface area (Å²) < 4.78 is 0. The third-order valence-corrected chi connectivity index (χ3v) is 4.55. The third-order valence-electron chi connectivity index (χ3n) is 4.55. The summed E-state index contributed by atoms with van der Waals surface area (Å²) in [5.41, 5.74) is -2.52. The molecule has 20 heavy (non-hydrogen) atoms. The Morgan fingerprint density at radius 1 is 1.15 bits per heavy atom. The molecule has 1 atom stereocenters. The fraction of sp³-hybridized carbons (Fsp3) is 0.857. The summed E-state index contributed by atoms with van der Waals surface area (Å²) >= 11 is 0. The molecule has 0 amide bonds. The number of carboxylic acid groups (broad SMARTS) is 2. The average molecular weight is 287 g/mol. The number of hydroxylamine groups is 2. The number of nitrogens with zero attached hydrogens (tertiary/aromatic N) is 1. The van der Waals surface area contributed by atoms with Crippen LogP contribution in [0.4, 0.5) is 0 Å². The van der Waals surface area contributed by atoms with Crippen molar-refractivity contribution < 1.29 is 25.0 Å². The van der Waals surface area contributed by atoms with Crippen LogP contribution >= 0.6 is 0 Å². The number of carbonyl (C=O) groups is 2. The van der Waals surface area contributed by atoms with E-state index >= 15 is 0 Å². The minimum Gasteiger partial charge on any atom is -0.481 e. The van der Waals surface area contributed by atoms with Crippen molar-refractivity contribution in [2.75, 3.05) is 0 Å². The maximum Gasteiger partial charge on any atom is 0.310 e. The number of rotatable bonds is 4. The van der Waals surface area contributed by atoms with E-state index in [1.807, 2.05) is 27.7 Å². The van der Waals surface area contributed by atoms with Crippen LogP contribution in [0.25, 0.3) is 0 Å². The number of hydrogen-bond donors (Lipinski definition) is 3. The molecule has 0 aliphatic carbocycles. The van der Waals surface area contributed by atoms with E-state index in [0.29, 0.717) is 12.8 Å². The first-order valence-corrected chi connectivity index (χ1v) is 6.77. The van der Waals surface area contributed by atoms with Crippen LogP contribution in [-0.4, -0.2) is 43.5 Å². The number of hydrogen-bond acceptors (Lipinski definition) is 4. The van der Waals surface area contributed by atoms with Crippen LogP contribution < -0.4 is 0 Å². The van der Waals surface area contributed by atoms with Crippen molar-refractivity contribution in [1.29, 1.82) is 0 Å². The van der Waals surface area contributed by atoms with E-state index in [2.05, 4.69) is 0 Å². The quantitative estimate of drug-likeness (QED) is 0.733. The molecule has 0 aromatic heterocycles. The number of piperidine rings is 1. The largest absolute Gasteiger partial charge is 0.481 e. The monoisotopic (exact) mass is 287 g/mol. The molecule has 3 N–H and O–H groups in total. The van der Waals surface area contributed by atoms with E-state index in [4.69, 9.17) is 5.11 Å². The molecule has 1 fully saturated rings. The van der Waals surface area contributed by atoms with Gasteiger partial charge in [0.2, 0.25) is 0 Å². The molecule has 0 bridgehead atoms. The molecule has 0 saturated carbocycles.